The second kappa shape index (κ2) is 3.49. The van der Waals surface area contributed by atoms with Gasteiger partial charge in [0.15, 0.2) is 0 Å². The fraction of sp³-hybridized carbons (Fsp3) is 1.00. The Morgan fingerprint density at radius 1 is 1.27 bits per heavy atom. The van der Waals surface area contributed by atoms with Gasteiger partial charge < -0.3 is 18.9 Å². The summed E-state index contributed by atoms with van der Waals surface area (Å²) in [4.78, 5) is 0. The van der Waals surface area contributed by atoms with E-state index < -0.39 is 5.97 Å². The topological polar surface area (TPSA) is 36.9 Å². The smallest absolute Gasteiger partial charge is 0.310 e. The summed E-state index contributed by atoms with van der Waals surface area (Å²) >= 11 is 0. The van der Waals surface area contributed by atoms with E-state index in [1.807, 2.05) is 0 Å². The third-order valence-corrected chi connectivity index (χ3v) is 1.93. The van der Waals surface area contributed by atoms with Crippen molar-refractivity contribution >= 4 is 0 Å². The van der Waals surface area contributed by atoms with Crippen LogP contribution in [0.4, 0.5) is 0 Å². The first-order chi connectivity index (χ1) is 5.29. The van der Waals surface area contributed by atoms with E-state index in [4.69, 9.17) is 18.9 Å². The summed E-state index contributed by atoms with van der Waals surface area (Å²) in [5.74, 6) is -0.977. The molecule has 0 aromatic carbocycles. The molecule has 1 aliphatic heterocycles. The molecule has 4 heteroatoms. The van der Waals surface area contributed by atoms with E-state index in [0.29, 0.717) is 6.61 Å². The largest absolute Gasteiger partial charge is 0.373 e. The van der Waals surface area contributed by atoms with Gasteiger partial charge in [-0.3, -0.25) is 0 Å². The molecule has 0 aliphatic carbocycles. The minimum Gasteiger partial charge on any atom is -0.373 e. The molecule has 1 atom stereocenters. The number of methoxy groups -OCH3 is 3. The second-order valence-corrected chi connectivity index (χ2v) is 2.37. The van der Waals surface area contributed by atoms with Crippen LogP contribution in [0, 0.1) is 0 Å². The molecular formula is C7H14O4. The van der Waals surface area contributed by atoms with Gasteiger partial charge in [-0.1, -0.05) is 0 Å². The van der Waals surface area contributed by atoms with E-state index in [-0.39, 0.29) is 6.10 Å². The number of hydrogen-bond donors (Lipinski definition) is 0. The molecule has 0 aromatic heterocycles. The molecule has 11 heavy (non-hydrogen) atoms. The van der Waals surface area contributed by atoms with E-state index in [2.05, 4.69) is 0 Å². The predicted octanol–water partition coefficient (Wildman–Crippen LogP) is 0.368. The summed E-state index contributed by atoms with van der Waals surface area (Å²) in [6.45, 7) is 0.611. The van der Waals surface area contributed by atoms with Gasteiger partial charge in [-0.05, 0) is 0 Å². The molecule has 1 fully saturated rings. The molecule has 1 rings (SSSR count). The van der Waals surface area contributed by atoms with Crippen LogP contribution in [-0.2, 0) is 18.9 Å². The maximum absolute atomic E-state index is 5.27. The zero-order valence-corrected chi connectivity index (χ0v) is 7.12. The van der Waals surface area contributed by atoms with Crippen molar-refractivity contribution in [2.24, 2.45) is 0 Å². The van der Waals surface area contributed by atoms with Crippen molar-refractivity contribution in [2.75, 3.05) is 27.9 Å². The van der Waals surface area contributed by atoms with Crippen LogP contribution < -0.4 is 0 Å². The summed E-state index contributed by atoms with van der Waals surface area (Å²) < 4.78 is 20.6. The summed E-state index contributed by atoms with van der Waals surface area (Å²) in [7, 11) is 4.70. The lowest BCUT2D eigenvalue weighted by Crippen LogP contribution is -2.44. The van der Waals surface area contributed by atoms with Gasteiger partial charge in [0.25, 0.3) is 0 Å². The lowest BCUT2D eigenvalue weighted by molar-refractivity contribution is -0.371. The average molecular weight is 162 g/mol. The standard InChI is InChI=1S/C7H14O4/c1-8-6-4-5-11-7(6,9-2)10-3/h6H,4-5H2,1-3H3. The van der Waals surface area contributed by atoms with Gasteiger partial charge >= 0.3 is 5.97 Å². The first-order valence-electron chi connectivity index (χ1n) is 3.56. The molecule has 1 saturated heterocycles. The third-order valence-electron chi connectivity index (χ3n) is 1.93. The number of rotatable bonds is 3. The molecular weight excluding hydrogens is 148 g/mol. The fourth-order valence-electron chi connectivity index (χ4n) is 1.30. The lowest BCUT2D eigenvalue weighted by Gasteiger charge is -2.29. The molecule has 1 unspecified atom stereocenters. The van der Waals surface area contributed by atoms with Gasteiger partial charge in [0.1, 0.15) is 6.10 Å². The molecule has 0 saturated carbocycles. The molecule has 1 heterocycles. The van der Waals surface area contributed by atoms with E-state index in [1.165, 1.54) is 0 Å². The van der Waals surface area contributed by atoms with Crippen molar-refractivity contribution < 1.29 is 18.9 Å². The molecule has 4 nitrogen and oxygen atoms in total. The summed E-state index contributed by atoms with van der Waals surface area (Å²) in [5, 5.41) is 0. The lowest BCUT2D eigenvalue weighted by atomic mass is 10.2. The number of hydrogen-bond acceptors (Lipinski definition) is 4. The van der Waals surface area contributed by atoms with Crippen LogP contribution in [-0.4, -0.2) is 40.0 Å². The van der Waals surface area contributed by atoms with Gasteiger partial charge in [0.05, 0.1) is 6.61 Å². The quantitative estimate of drug-likeness (QED) is 0.562. The Morgan fingerprint density at radius 2 is 1.91 bits per heavy atom. The SMILES string of the molecule is COC1CCOC1(OC)OC. The molecule has 0 spiro atoms. The van der Waals surface area contributed by atoms with E-state index >= 15 is 0 Å². The van der Waals surface area contributed by atoms with Gasteiger partial charge in [-0.15, -0.1) is 0 Å². The van der Waals surface area contributed by atoms with E-state index in [0.717, 1.165) is 6.42 Å². The highest BCUT2D eigenvalue weighted by Gasteiger charge is 2.46. The van der Waals surface area contributed by atoms with Crippen molar-refractivity contribution in [3.63, 3.8) is 0 Å². The molecule has 0 N–H and O–H groups in total. The van der Waals surface area contributed by atoms with Gasteiger partial charge in [-0.25, -0.2) is 0 Å². The molecule has 66 valence electrons. The Balaban J connectivity index is 2.63. The Bertz CT molecular complexity index is 122. The highest BCUT2D eigenvalue weighted by molar-refractivity contribution is 4.76. The molecule has 0 amide bonds. The maximum Gasteiger partial charge on any atom is 0.310 e. The van der Waals surface area contributed by atoms with Gasteiger partial charge in [-0.2, -0.15) is 0 Å². The first kappa shape index (κ1) is 8.93. The zero-order chi connectivity index (χ0) is 8.32. The highest BCUT2D eigenvalue weighted by Crippen LogP contribution is 2.29. The Morgan fingerprint density at radius 3 is 2.27 bits per heavy atom. The van der Waals surface area contributed by atoms with Crippen LogP contribution in [0.3, 0.4) is 0 Å². The number of ether oxygens (including phenoxy) is 4. The van der Waals surface area contributed by atoms with Crippen molar-refractivity contribution in [3.8, 4) is 0 Å². The highest BCUT2D eigenvalue weighted by atomic mass is 16.9. The Kier molecular flexibility index (Phi) is 2.84. The molecule has 0 radical (unpaired) electrons. The minimum absolute atomic E-state index is 0.127. The Labute approximate surface area is 66.4 Å². The van der Waals surface area contributed by atoms with Gasteiger partial charge in [0, 0.05) is 27.8 Å². The van der Waals surface area contributed by atoms with Crippen LogP contribution in [0.25, 0.3) is 0 Å². The van der Waals surface area contributed by atoms with Crippen LogP contribution in [0.5, 0.6) is 0 Å². The summed E-state index contributed by atoms with van der Waals surface area (Å²) in [6.07, 6.45) is 0.676. The second-order valence-electron chi connectivity index (χ2n) is 2.37. The zero-order valence-electron chi connectivity index (χ0n) is 7.12. The fourth-order valence-corrected chi connectivity index (χ4v) is 1.30. The van der Waals surface area contributed by atoms with E-state index in [1.54, 1.807) is 21.3 Å². The molecule has 0 aromatic rings. The normalized spacial score (nSPS) is 29.2. The van der Waals surface area contributed by atoms with Crippen LogP contribution in [0.1, 0.15) is 6.42 Å². The van der Waals surface area contributed by atoms with Gasteiger partial charge in [0.2, 0.25) is 0 Å². The van der Waals surface area contributed by atoms with Crippen molar-refractivity contribution in [2.45, 2.75) is 18.5 Å². The van der Waals surface area contributed by atoms with Crippen molar-refractivity contribution in [3.05, 3.63) is 0 Å². The van der Waals surface area contributed by atoms with E-state index in [9.17, 15) is 0 Å². The van der Waals surface area contributed by atoms with Crippen molar-refractivity contribution in [1.29, 1.82) is 0 Å². The predicted molar refractivity (Wildman–Crippen MR) is 38.1 cm³/mol. The Hall–Kier alpha value is -0.160. The minimum atomic E-state index is -0.977. The average Bonchev–Trinajstić information content (AvgIpc) is 2.47. The summed E-state index contributed by atoms with van der Waals surface area (Å²) in [6, 6.07) is 0. The van der Waals surface area contributed by atoms with Crippen LogP contribution in [0.15, 0.2) is 0 Å². The monoisotopic (exact) mass is 162 g/mol. The van der Waals surface area contributed by atoms with Crippen LogP contribution in [0.2, 0.25) is 0 Å². The third kappa shape index (κ3) is 1.39. The molecule has 1 aliphatic rings. The van der Waals surface area contributed by atoms with Crippen molar-refractivity contribution in [1.82, 2.24) is 0 Å². The summed E-state index contributed by atoms with van der Waals surface area (Å²) in [5.41, 5.74) is 0. The maximum atomic E-state index is 5.27. The molecule has 0 bridgehead atoms. The van der Waals surface area contributed by atoms with Crippen LogP contribution >= 0.6 is 0 Å². The first-order valence-corrected chi connectivity index (χ1v) is 3.56.